The van der Waals surface area contributed by atoms with Crippen molar-refractivity contribution in [2.45, 2.75) is 26.7 Å². The molecule has 0 unspecified atom stereocenters. The SMILES string of the molecule is CCNc1ncnc(NCC(F)F)c1CC. The highest BCUT2D eigenvalue weighted by molar-refractivity contribution is 5.57. The molecule has 4 nitrogen and oxygen atoms in total. The van der Waals surface area contributed by atoms with Gasteiger partial charge in [-0.15, -0.1) is 0 Å². The largest absolute Gasteiger partial charge is 0.370 e. The molecule has 0 bridgehead atoms. The first-order chi connectivity index (χ1) is 7.69. The van der Waals surface area contributed by atoms with Gasteiger partial charge in [0.2, 0.25) is 0 Å². The molecule has 1 rings (SSSR count). The molecular weight excluding hydrogens is 214 g/mol. The second kappa shape index (κ2) is 6.19. The zero-order valence-electron chi connectivity index (χ0n) is 9.43. The predicted molar refractivity (Wildman–Crippen MR) is 60.1 cm³/mol. The monoisotopic (exact) mass is 230 g/mol. The zero-order chi connectivity index (χ0) is 12.0. The van der Waals surface area contributed by atoms with Crippen LogP contribution in [0.4, 0.5) is 20.4 Å². The van der Waals surface area contributed by atoms with Gasteiger partial charge in [-0.1, -0.05) is 6.92 Å². The number of nitrogens with one attached hydrogen (secondary N) is 2. The van der Waals surface area contributed by atoms with Gasteiger partial charge in [-0.05, 0) is 13.3 Å². The zero-order valence-corrected chi connectivity index (χ0v) is 9.43. The van der Waals surface area contributed by atoms with Crippen molar-refractivity contribution < 1.29 is 8.78 Å². The maximum absolute atomic E-state index is 12.1. The third kappa shape index (κ3) is 3.29. The second-order valence-electron chi connectivity index (χ2n) is 3.21. The Labute approximate surface area is 93.5 Å². The van der Waals surface area contributed by atoms with E-state index in [1.54, 1.807) is 0 Å². The van der Waals surface area contributed by atoms with Crippen LogP contribution >= 0.6 is 0 Å². The average molecular weight is 230 g/mol. The van der Waals surface area contributed by atoms with Gasteiger partial charge in [0.25, 0.3) is 6.43 Å². The molecule has 90 valence electrons. The lowest BCUT2D eigenvalue weighted by Crippen LogP contribution is -2.14. The summed E-state index contributed by atoms with van der Waals surface area (Å²) in [6.45, 7) is 4.23. The Balaban J connectivity index is 2.85. The van der Waals surface area contributed by atoms with Crippen LogP contribution in [0.15, 0.2) is 6.33 Å². The number of hydrogen-bond donors (Lipinski definition) is 2. The molecule has 1 aromatic rings. The van der Waals surface area contributed by atoms with Crippen LogP contribution in [-0.4, -0.2) is 29.5 Å². The summed E-state index contributed by atoms with van der Waals surface area (Å²) >= 11 is 0. The third-order valence-corrected chi connectivity index (χ3v) is 2.07. The van der Waals surface area contributed by atoms with Crippen molar-refractivity contribution in [1.29, 1.82) is 0 Å². The third-order valence-electron chi connectivity index (χ3n) is 2.07. The summed E-state index contributed by atoms with van der Waals surface area (Å²) in [4.78, 5) is 8.05. The highest BCUT2D eigenvalue weighted by atomic mass is 19.3. The van der Waals surface area contributed by atoms with Crippen LogP contribution in [0, 0.1) is 0 Å². The molecule has 0 atom stereocenters. The summed E-state index contributed by atoms with van der Waals surface area (Å²) in [5, 5.41) is 5.70. The van der Waals surface area contributed by atoms with Crippen LogP contribution < -0.4 is 10.6 Å². The molecule has 0 saturated heterocycles. The molecule has 0 radical (unpaired) electrons. The Morgan fingerprint density at radius 2 is 1.81 bits per heavy atom. The summed E-state index contributed by atoms with van der Waals surface area (Å²) in [7, 11) is 0. The first-order valence-electron chi connectivity index (χ1n) is 5.28. The van der Waals surface area contributed by atoms with Crippen molar-refractivity contribution >= 4 is 11.6 Å². The van der Waals surface area contributed by atoms with E-state index in [0.29, 0.717) is 18.1 Å². The summed E-state index contributed by atoms with van der Waals surface area (Å²) in [6.07, 6.45) is -0.332. The van der Waals surface area contributed by atoms with E-state index in [4.69, 9.17) is 0 Å². The molecule has 0 aliphatic heterocycles. The molecule has 0 amide bonds. The van der Waals surface area contributed by atoms with E-state index in [1.165, 1.54) is 6.33 Å². The van der Waals surface area contributed by atoms with Gasteiger partial charge < -0.3 is 10.6 Å². The molecule has 2 N–H and O–H groups in total. The van der Waals surface area contributed by atoms with Crippen molar-refractivity contribution in [2.24, 2.45) is 0 Å². The number of alkyl halides is 2. The Morgan fingerprint density at radius 3 is 2.31 bits per heavy atom. The molecule has 6 heteroatoms. The molecule has 1 heterocycles. The lowest BCUT2D eigenvalue weighted by Gasteiger charge is -2.13. The molecule has 0 saturated carbocycles. The molecule has 0 aliphatic rings. The van der Waals surface area contributed by atoms with Crippen molar-refractivity contribution in [3.05, 3.63) is 11.9 Å². The molecule has 0 fully saturated rings. The van der Waals surface area contributed by atoms with Crippen LogP contribution in [-0.2, 0) is 6.42 Å². The van der Waals surface area contributed by atoms with Crippen molar-refractivity contribution in [1.82, 2.24) is 9.97 Å². The molecule has 1 aromatic heterocycles. The maximum Gasteiger partial charge on any atom is 0.255 e. The van der Waals surface area contributed by atoms with Crippen molar-refractivity contribution in [2.75, 3.05) is 23.7 Å². The summed E-state index contributed by atoms with van der Waals surface area (Å²) < 4.78 is 24.2. The van der Waals surface area contributed by atoms with Gasteiger partial charge in [0.05, 0.1) is 6.54 Å². The fraction of sp³-hybridized carbons (Fsp3) is 0.600. The molecule has 0 spiro atoms. The number of nitrogens with zero attached hydrogens (tertiary/aromatic N) is 2. The minimum atomic E-state index is -2.39. The molecular formula is C10H16F2N4. The number of rotatable bonds is 6. The highest BCUT2D eigenvalue weighted by Gasteiger charge is 2.10. The minimum absolute atomic E-state index is 0.393. The van der Waals surface area contributed by atoms with E-state index in [2.05, 4.69) is 20.6 Å². The van der Waals surface area contributed by atoms with Gasteiger partial charge in [0.1, 0.15) is 18.0 Å². The van der Waals surface area contributed by atoms with Gasteiger partial charge in [-0.2, -0.15) is 0 Å². The van der Waals surface area contributed by atoms with Gasteiger partial charge in [-0.25, -0.2) is 18.7 Å². The second-order valence-corrected chi connectivity index (χ2v) is 3.21. The van der Waals surface area contributed by atoms with Gasteiger partial charge in [0.15, 0.2) is 0 Å². The van der Waals surface area contributed by atoms with Crippen molar-refractivity contribution in [3.8, 4) is 0 Å². The summed E-state index contributed by atoms with van der Waals surface area (Å²) in [5.41, 5.74) is 0.838. The number of halogens is 2. The number of anilines is 2. The van der Waals surface area contributed by atoms with E-state index < -0.39 is 13.0 Å². The quantitative estimate of drug-likeness (QED) is 0.786. The van der Waals surface area contributed by atoms with Crippen LogP contribution in [0.2, 0.25) is 0 Å². The highest BCUT2D eigenvalue weighted by Crippen LogP contribution is 2.20. The minimum Gasteiger partial charge on any atom is -0.370 e. The normalized spacial score (nSPS) is 10.6. The van der Waals surface area contributed by atoms with Crippen LogP contribution in [0.1, 0.15) is 19.4 Å². The van der Waals surface area contributed by atoms with Gasteiger partial charge in [0, 0.05) is 12.1 Å². The lowest BCUT2D eigenvalue weighted by atomic mass is 10.2. The number of hydrogen-bond acceptors (Lipinski definition) is 4. The standard InChI is InChI=1S/C10H16F2N4/c1-3-7-9(13-4-2)15-6-16-10(7)14-5-8(11)12/h6,8H,3-5H2,1-2H3,(H2,13,14,15,16). The van der Waals surface area contributed by atoms with Crippen LogP contribution in [0.5, 0.6) is 0 Å². The molecule has 0 aromatic carbocycles. The van der Waals surface area contributed by atoms with Crippen LogP contribution in [0.3, 0.4) is 0 Å². The molecule has 0 aliphatic carbocycles. The molecule has 16 heavy (non-hydrogen) atoms. The van der Waals surface area contributed by atoms with E-state index in [-0.39, 0.29) is 0 Å². The fourth-order valence-electron chi connectivity index (χ4n) is 1.39. The van der Waals surface area contributed by atoms with Gasteiger partial charge >= 0.3 is 0 Å². The Hall–Kier alpha value is -1.46. The topological polar surface area (TPSA) is 49.8 Å². The smallest absolute Gasteiger partial charge is 0.255 e. The maximum atomic E-state index is 12.1. The Kier molecular flexibility index (Phi) is 4.88. The van der Waals surface area contributed by atoms with E-state index in [0.717, 1.165) is 12.1 Å². The predicted octanol–water partition coefficient (Wildman–Crippen LogP) is 2.15. The summed E-state index contributed by atoms with van der Waals surface area (Å²) in [6, 6.07) is 0. The lowest BCUT2D eigenvalue weighted by molar-refractivity contribution is 0.163. The van der Waals surface area contributed by atoms with E-state index in [9.17, 15) is 8.78 Å². The van der Waals surface area contributed by atoms with Gasteiger partial charge in [-0.3, -0.25) is 0 Å². The number of aromatic nitrogens is 2. The summed E-state index contributed by atoms with van der Waals surface area (Å²) in [5.74, 6) is 1.19. The van der Waals surface area contributed by atoms with Crippen molar-refractivity contribution in [3.63, 3.8) is 0 Å². The average Bonchev–Trinajstić information content (AvgIpc) is 2.27. The fourth-order valence-corrected chi connectivity index (χ4v) is 1.39. The van der Waals surface area contributed by atoms with Crippen LogP contribution in [0.25, 0.3) is 0 Å². The first-order valence-corrected chi connectivity index (χ1v) is 5.28. The van der Waals surface area contributed by atoms with E-state index in [1.807, 2.05) is 13.8 Å². The Morgan fingerprint density at radius 1 is 1.19 bits per heavy atom. The van der Waals surface area contributed by atoms with E-state index >= 15 is 0 Å². The Bertz CT molecular complexity index is 331. The first kappa shape index (κ1) is 12.6.